The van der Waals surface area contributed by atoms with Crippen molar-refractivity contribution in [3.63, 3.8) is 0 Å². The highest BCUT2D eigenvalue weighted by Gasteiger charge is 2.51. The van der Waals surface area contributed by atoms with Crippen LogP contribution in [-0.2, 0) is 15.7 Å². The Hall–Kier alpha value is -2.72. The summed E-state index contributed by atoms with van der Waals surface area (Å²) in [7, 11) is -0.0824. The lowest BCUT2D eigenvalue weighted by Crippen LogP contribution is -2.54. The van der Waals surface area contributed by atoms with Gasteiger partial charge in [0.2, 0.25) is 0 Å². The first-order chi connectivity index (χ1) is 17.1. The summed E-state index contributed by atoms with van der Waals surface area (Å²) in [6.07, 6.45) is 6.65. The van der Waals surface area contributed by atoms with Gasteiger partial charge in [0, 0.05) is 11.4 Å². The second-order valence-electron chi connectivity index (χ2n) is 10.3. The Morgan fingerprint density at radius 1 is 0.771 bits per heavy atom. The molecule has 3 aromatic carbocycles. The van der Waals surface area contributed by atoms with Crippen molar-refractivity contribution in [2.24, 2.45) is 23.2 Å². The van der Waals surface area contributed by atoms with Gasteiger partial charge in [-0.1, -0.05) is 36.4 Å². The van der Waals surface area contributed by atoms with Crippen LogP contribution in [0.2, 0.25) is 0 Å². The van der Waals surface area contributed by atoms with E-state index in [1.165, 1.54) is 33.9 Å². The van der Waals surface area contributed by atoms with Crippen LogP contribution in [0.3, 0.4) is 0 Å². The van der Waals surface area contributed by atoms with Crippen molar-refractivity contribution in [1.82, 2.24) is 0 Å². The molecule has 4 aliphatic rings. The van der Waals surface area contributed by atoms with Crippen LogP contribution in [0.1, 0.15) is 45.4 Å². The Bertz CT molecular complexity index is 1040. The number of benzene rings is 3. The van der Waals surface area contributed by atoms with Crippen LogP contribution in [0, 0.1) is 23.2 Å². The van der Waals surface area contributed by atoms with E-state index in [0.29, 0.717) is 24.4 Å². The summed E-state index contributed by atoms with van der Waals surface area (Å²) in [5.74, 6) is 2.31. The zero-order chi connectivity index (χ0) is 24.3. The third-order valence-electron chi connectivity index (χ3n) is 7.80. The first kappa shape index (κ1) is 24.0. The van der Waals surface area contributed by atoms with E-state index in [1.54, 1.807) is 0 Å². The van der Waals surface area contributed by atoms with Gasteiger partial charge in [0.15, 0.2) is 14.7 Å². The Labute approximate surface area is 211 Å². The number of hydrogen-bond donors (Lipinski definition) is 0. The third kappa shape index (κ3) is 5.28. The van der Waals surface area contributed by atoms with Crippen molar-refractivity contribution in [2.75, 3.05) is 6.61 Å². The number of carboxylic acid groups (broad SMARTS) is 1. The quantitative estimate of drug-likeness (QED) is 0.394. The molecule has 0 aliphatic heterocycles. The summed E-state index contributed by atoms with van der Waals surface area (Å²) >= 11 is 0. The normalized spacial score (nSPS) is 26.2. The molecule has 0 atom stereocenters. The van der Waals surface area contributed by atoms with Crippen LogP contribution in [0.25, 0.3) is 0 Å². The molecule has 3 aromatic rings. The fourth-order valence-electron chi connectivity index (χ4n) is 6.72. The average Bonchev–Trinajstić information content (AvgIpc) is 2.86. The van der Waals surface area contributed by atoms with Gasteiger partial charge in [0.1, 0.15) is 5.75 Å². The molecule has 4 aliphatic carbocycles. The summed E-state index contributed by atoms with van der Waals surface area (Å²) in [5.41, 5.74) is -0.394. The van der Waals surface area contributed by atoms with Gasteiger partial charge in [-0.2, -0.15) is 0 Å². The van der Waals surface area contributed by atoms with Crippen molar-refractivity contribution in [2.45, 2.75) is 60.1 Å². The second-order valence-corrected chi connectivity index (χ2v) is 12.3. The van der Waals surface area contributed by atoms with E-state index >= 15 is 0 Å². The molecular weight excluding hydrogens is 452 g/mol. The molecule has 3 nitrogen and oxygen atoms in total. The summed E-state index contributed by atoms with van der Waals surface area (Å²) in [5, 5.41) is 11.1. The average molecular weight is 487 g/mol. The van der Waals surface area contributed by atoms with E-state index < -0.39 is 11.4 Å². The van der Waals surface area contributed by atoms with E-state index in [4.69, 9.17) is 4.74 Å². The Balaban J connectivity index is 0.000000164. The molecule has 4 saturated carbocycles. The fourth-order valence-corrected chi connectivity index (χ4v) is 8.80. The SMILES string of the molecule is CCOc1ccc([S+](c2ccccc2)c2ccccc2)cc1.O=C([O-])C12CC3CC(CC(C3)C1)C2. The summed E-state index contributed by atoms with van der Waals surface area (Å²) in [6.45, 7) is 2.70. The molecule has 0 amide bonds. The second kappa shape index (κ2) is 10.5. The predicted octanol–water partition coefficient (Wildman–Crippen LogP) is 6.13. The Kier molecular flexibility index (Phi) is 7.19. The molecular formula is C31H34O3S. The van der Waals surface area contributed by atoms with Crippen molar-refractivity contribution in [1.29, 1.82) is 0 Å². The minimum absolute atomic E-state index is 0.0824. The van der Waals surface area contributed by atoms with Crippen LogP contribution in [0.15, 0.2) is 99.6 Å². The van der Waals surface area contributed by atoms with Crippen LogP contribution < -0.4 is 9.84 Å². The number of carbonyl (C=O) groups excluding carboxylic acids is 1. The van der Waals surface area contributed by atoms with Crippen molar-refractivity contribution < 1.29 is 14.6 Å². The lowest BCUT2D eigenvalue weighted by molar-refractivity contribution is -0.327. The molecule has 4 fully saturated rings. The topological polar surface area (TPSA) is 49.4 Å². The number of rotatable bonds is 6. The van der Waals surface area contributed by atoms with Gasteiger partial charge in [-0.25, -0.2) is 0 Å². The largest absolute Gasteiger partial charge is 0.550 e. The zero-order valence-electron chi connectivity index (χ0n) is 20.4. The molecule has 4 bridgehead atoms. The van der Waals surface area contributed by atoms with E-state index in [1.807, 2.05) is 6.92 Å². The fraction of sp³-hybridized carbons (Fsp3) is 0.387. The van der Waals surface area contributed by atoms with Gasteiger partial charge in [0.25, 0.3) is 0 Å². The van der Waals surface area contributed by atoms with E-state index in [2.05, 4.69) is 84.9 Å². The van der Waals surface area contributed by atoms with Gasteiger partial charge in [-0.3, -0.25) is 0 Å². The minimum atomic E-state index is -0.758. The summed E-state index contributed by atoms with van der Waals surface area (Å²) < 4.78 is 5.56. The first-order valence-electron chi connectivity index (χ1n) is 12.8. The number of hydrogen-bond acceptors (Lipinski definition) is 3. The van der Waals surface area contributed by atoms with Gasteiger partial charge >= 0.3 is 0 Å². The zero-order valence-corrected chi connectivity index (χ0v) is 21.2. The van der Waals surface area contributed by atoms with Crippen LogP contribution in [0.5, 0.6) is 5.75 Å². The molecule has 0 radical (unpaired) electrons. The van der Waals surface area contributed by atoms with E-state index in [0.717, 1.165) is 25.0 Å². The minimum Gasteiger partial charge on any atom is -0.550 e. The standard InChI is InChI=1S/C20H19OS.C11H16O2/c1-2-21-17-13-15-20(16-14-17)22(18-9-5-3-6-10-18)19-11-7-4-8-12-19;12-10(13)11-4-7-1-8(5-11)3-9(2-7)6-11/h3-16H,2H2,1H3;7-9H,1-6H2,(H,12,13)/q+1;/p-1. The van der Waals surface area contributed by atoms with Crippen LogP contribution in [0.4, 0.5) is 0 Å². The van der Waals surface area contributed by atoms with Gasteiger partial charge in [-0.15, -0.1) is 0 Å². The van der Waals surface area contributed by atoms with Crippen LogP contribution >= 0.6 is 0 Å². The summed E-state index contributed by atoms with van der Waals surface area (Å²) in [4.78, 5) is 15.1. The Morgan fingerprint density at radius 3 is 1.60 bits per heavy atom. The first-order valence-corrected chi connectivity index (χ1v) is 14.1. The third-order valence-corrected chi connectivity index (χ3v) is 10.0. The highest BCUT2D eigenvalue weighted by Crippen LogP contribution is 2.59. The van der Waals surface area contributed by atoms with Gasteiger partial charge in [-0.05, 0) is 112 Å². The lowest BCUT2D eigenvalue weighted by atomic mass is 9.49. The molecule has 0 unspecified atom stereocenters. The number of carboxylic acids is 1. The molecule has 0 heterocycles. The van der Waals surface area contributed by atoms with Gasteiger partial charge < -0.3 is 14.6 Å². The Morgan fingerprint density at radius 2 is 1.20 bits per heavy atom. The molecule has 0 N–H and O–H groups in total. The highest BCUT2D eigenvalue weighted by molar-refractivity contribution is 7.97. The van der Waals surface area contributed by atoms with E-state index in [9.17, 15) is 9.90 Å². The molecule has 182 valence electrons. The van der Waals surface area contributed by atoms with Crippen molar-refractivity contribution in [3.8, 4) is 5.75 Å². The molecule has 4 heteroatoms. The molecule has 35 heavy (non-hydrogen) atoms. The van der Waals surface area contributed by atoms with Crippen molar-refractivity contribution in [3.05, 3.63) is 84.9 Å². The lowest BCUT2D eigenvalue weighted by Gasteiger charge is -2.57. The summed E-state index contributed by atoms with van der Waals surface area (Å²) in [6, 6.07) is 29.8. The molecule has 7 rings (SSSR count). The van der Waals surface area contributed by atoms with Gasteiger partial charge in [0.05, 0.1) is 17.5 Å². The number of aliphatic carboxylic acids is 1. The number of carbonyl (C=O) groups is 1. The predicted molar refractivity (Wildman–Crippen MR) is 138 cm³/mol. The van der Waals surface area contributed by atoms with Crippen LogP contribution in [-0.4, -0.2) is 12.6 Å². The smallest absolute Gasteiger partial charge is 0.166 e. The molecule has 0 spiro atoms. The monoisotopic (exact) mass is 486 g/mol. The number of ether oxygens (including phenoxy) is 1. The highest BCUT2D eigenvalue weighted by atomic mass is 32.2. The molecule has 0 aromatic heterocycles. The maximum Gasteiger partial charge on any atom is 0.166 e. The maximum absolute atomic E-state index is 11.1. The maximum atomic E-state index is 11.1. The molecule has 0 saturated heterocycles. The van der Waals surface area contributed by atoms with Crippen molar-refractivity contribution >= 4 is 16.9 Å². The van der Waals surface area contributed by atoms with E-state index in [-0.39, 0.29) is 10.9 Å².